The lowest BCUT2D eigenvalue weighted by atomic mass is 10.00. The Morgan fingerprint density at radius 1 is 1.30 bits per heavy atom. The number of nitrogens with zero attached hydrogens (tertiary/aromatic N) is 1. The zero-order valence-corrected chi connectivity index (χ0v) is 14.1. The van der Waals surface area contributed by atoms with Gasteiger partial charge in [0.2, 0.25) is 0 Å². The molecule has 6 heteroatoms. The highest BCUT2D eigenvalue weighted by Gasteiger charge is 2.29. The number of hydrogen-bond donors (Lipinski definition) is 1. The second-order valence-electron chi connectivity index (χ2n) is 5.86. The Kier molecular flexibility index (Phi) is 5.60. The number of methoxy groups -OCH3 is 1. The van der Waals surface area contributed by atoms with Crippen molar-refractivity contribution < 1.29 is 19.1 Å². The highest BCUT2D eigenvalue weighted by molar-refractivity contribution is 5.78. The normalized spacial score (nSPS) is 17.7. The van der Waals surface area contributed by atoms with Crippen LogP contribution in [0.25, 0.3) is 0 Å². The first kappa shape index (κ1) is 17.3. The Labute approximate surface area is 136 Å². The van der Waals surface area contributed by atoms with E-state index in [0.29, 0.717) is 19.7 Å². The van der Waals surface area contributed by atoms with Crippen molar-refractivity contribution in [2.45, 2.75) is 33.4 Å². The molecule has 0 saturated carbocycles. The maximum atomic E-state index is 12.3. The fraction of sp³-hybridized carbons (Fsp3) is 0.529. The van der Waals surface area contributed by atoms with Crippen LogP contribution in [0.1, 0.15) is 22.3 Å². The number of urea groups is 1. The lowest BCUT2D eigenvalue weighted by Gasteiger charge is -2.31. The van der Waals surface area contributed by atoms with Gasteiger partial charge in [-0.15, -0.1) is 0 Å². The van der Waals surface area contributed by atoms with Crippen LogP contribution < -0.4 is 5.32 Å². The molecule has 1 fully saturated rings. The number of morpholine rings is 1. The van der Waals surface area contributed by atoms with Crippen LogP contribution in [0.4, 0.5) is 4.79 Å². The largest absolute Gasteiger partial charge is 0.467 e. The maximum Gasteiger partial charge on any atom is 0.336 e. The Balaban J connectivity index is 1.96. The fourth-order valence-corrected chi connectivity index (χ4v) is 2.87. The minimum Gasteiger partial charge on any atom is -0.467 e. The van der Waals surface area contributed by atoms with Gasteiger partial charge in [0, 0.05) is 13.1 Å². The van der Waals surface area contributed by atoms with Crippen LogP contribution in [0.5, 0.6) is 0 Å². The number of hydrogen-bond acceptors (Lipinski definition) is 4. The molecule has 23 heavy (non-hydrogen) atoms. The number of rotatable bonds is 3. The van der Waals surface area contributed by atoms with Gasteiger partial charge in [0.15, 0.2) is 6.10 Å². The minimum atomic E-state index is -0.706. The van der Waals surface area contributed by atoms with Crippen molar-refractivity contribution in [3.63, 3.8) is 0 Å². The molecule has 1 unspecified atom stereocenters. The van der Waals surface area contributed by atoms with Gasteiger partial charge in [0.1, 0.15) is 0 Å². The van der Waals surface area contributed by atoms with Crippen molar-refractivity contribution in [2.24, 2.45) is 0 Å². The number of carbonyl (C=O) groups is 2. The minimum absolute atomic E-state index is 0.193. The third kappa shape index (κ3) is 4.22. The van der Waals surface area contributed by atoms with Crippen LogP contribution in [0.15, 0.2) is 12.1 Å². The Morgan fingerprint density at radius 2 is 1.96 bits per heavy atom. The number of nitrogens with one attached hydrogen (secondary N) is 1. The van der Waals surface area contributed by atoms with Crippen LogP contribution in [-0.2, 0) is 20.8 Å². The monoisotopic (exact) mass is 320 g/mol. The van der Waals surface area contributed by atoms with Crippen LogP contribution in [-0.4, -0.2) is 49.8 Å². The topological polar surface area (TPSA) is 67.9 Å². The van der Waals surface area contributed by atoms with Crippen molar-refractivity contribution in [1.29, 1.82) is 0 Å². The van der Waals surface area contributed by atoms with Crippen LogP contribution >= 0.6 is 0 Å². The van der Waals surface area contributed by atoms with E-state index < -0.39 is 12.1 Å². The number of carbonyl (C=O) groups excluding carboxylic acids is 2. The highest BCUT2D eigenvalue weighted by atomic mass is 16.6. The summed E-state index contributed by atoms with van der Waals surface area (Å²) in [5.41, 5.74) is 4.67. The van der Waals surface area contributed by atoms with E-state index in [1.54, 1.807) is 4.90 Å². The average Bonchev–Trinajstić information content (AvgIpc) is 2.53. The van der Waals surface area contributed by atoms with Gasteiger partial charge in [0.25, 0.3) is 0 Å². The van der Waals surface area contributed by atoms with Crippen molar-refractivity contribution in [3.8, 4) is 0 Å². The summed E-state index contributed by atoms with van der Waals surface area (Å²) in [6.07, 6.45) is -0.706. The second-order valence-corrected chi connectivity index (χ2v) is 5.86. The molecule has 1 aromatic carbocycles. The van der Waals surface area contributed by atoms with Crippen molar-refractivity contribution in [2.75, 3.05) is 26.8 Å². The zero-order valence-electron chi connectivity index (χ0n) is 14.1. The molecular weight excluding hydrogens is 296 g/mol. The predicted octanol–water partition coefficient (Wildman–Crippen LogP) is 1.70. The van der Waals surface area contributed by atoms with E-state index in [1.165, 1.54) is 12.7 Å². The Hall–Kier alpha value is -2.08. The number of amides is 2. The summed E-state index contributed by atoms with van der Waals surface area (Å²) >= 11 is 0. The summed E-state index contributed by atoms with van der Waals surface area (Å²) < 4.78 is 10.00. The van der Waals surface area contributed by atoms with Gasteiger partial charge in [0.05, 0.1) is 20.3 Å². The Bertz CT molecular complexity index is 577. The van der Waals surface area contributed by atoms with E-state index in [1.807, 2.05) is 13.8 Å². The van der Waals surface area contributed by atoms with E-state index in [4.69, 9.17) is 4.74 Å². The third-order valence-corrected chi connectivity index (χ3v) is 4.07. The molecule has 1 aromatic rings. The van der Waals surface area contributed by atoms with E-state index in [2.05, 4.69) is 29.1 Å². The molecule has 0 spiro atoms. The van der Waals surface area contributed by atoms with Gasteiger partial charge in [-0.25, -0.2) is 9.59 Å². The number of benzene rings is 1. The highest BCUT2D eigenvalue weighted by Crippen LogP contribution is 2.16. The molecule has 0 aliphatic carbocycles. The third-order valence-electron chi connectivity index (χ3n) is 4.07. The molecule has 0 aromatic heterocycles. The van der Waals surface area contributed by atoms with Crippen LogP contribution in [0, 0.1) is 20.8 Å². The Morgan fingerprint density at radius 3 is 2.57 bits per heavy atom. The quantitative estimate of drug-likeness (QED) is 0.861. The van der Waals surface area contributed by atoms with Crippen molar-refractivity contribution in [3.05, 3.63) is 34.4 Å². The summed E-state index contributed by atoms with van der Waals surface area (Å²) in [5, 5.41) is 2.93. The van der Waals surface area contributed by atoms with Gasteiger partial charge in [-0.3, -0.25) is 0 Å². The molecule has 1 N–H and O–H groups in total. The summed E-state index contributed by atoms with van der Waals surface area (Å²) in [5.74, 6) is -0.451. The smallest absolute Gasteiger partial charge is 0.336 e. The molecule has 1 aliphatic heterocycles. The van der Waals surface area contributed by atoms with E-state index in [-0.39, 0.29) is 12.6 Å². The molecule has 6 nitrogen and oxygen atoms in total. The van der Waals surface area contributed by atoms with Crippen LogP contribution in [0.2, 0.25) is 0 Å². The summed E-state index contributed by atoms with van der Waals surface area (Å²) in [6, 6.07) is 4.02. The van der Waals surface area contributed by atoms with E-state index in [9.17, 15) is 9.59 Å². The molecule has 126 valence electrons. The molecule has 1 atom stereocenters. The number of esters is 1. The first-order valence-corrected chi connectivity index (χ1v) is 7.71. The maximum absolute atomic E-state index is 12.3. The standard InChI is InChI=1S/C17H24N2O4/c1-11-7-12(2)14(13(3)8-11)9-18-17(21)19-5-6-23-15(10-19)16(20)22-4/h7-8,15H,5-6,9-10H2,1-4H3,(H,18,21). The molecule has 0 radical (unpaired) electrons. The molecule has 1 heterocycles. The summed E-state index contributed by atoms with van der Waals surface area (Å²) in [7, 11) is 1.31. The van der Waals surface area contributed by atoms with Crippen molar-refractivity contribution >= 4 is 12.0 Å². The van der Waals surface area contributed by atoms with Gasteiger partial charge in [-0.1, -0.05) is 17.7 Å². The first-order chi connectivity index (χ1) is 10.9. The summed E-state index contributed by atoms with van der Waals surface area (Å²) in [6.45, 7) is 7.62. The van der Waals surface area contributed by atoms with E-state index >= 15 is 0 Å². The van der Waals surface area contributed by atoms with E-state index in [0.717, 1.165) is 16.7 Å². The molecule has 0 bridgehead atoms. The van der Waals surface area contributed by atoms with Gasteiger partial charge in [-0.05, 0) is 37.5 Å². The average molecular weight is 320 g/mol. The second kappa shape index (κ2) is 7.46. The van der Waals surface area contributed by atoms with Gasteiger partial charge in [-0.2, -0.15) is 0 Å². The number of ether oxygens (including phenoxy) is 2. The molecule has 1 saturated heterocycles. The lowest BCUT2D eigenvalue weighted by molar-refractivity contribution is -0.158. The molecule has 2 amide bonds. The van der Waals surface area contributed by atoms with Gasteiger partial charge >= 0.3 is 12.0 Å². The fourth-order valence-electron chi connectivity index (χ4n) is 2.87. The zero-order chi connectivity index (χ0) is 17.0. The number of aryl methyl sites for hydroxylation is 3. The molecular formula is C17H24N2O4. The SMILES string of the molecule is COC(=O)C1CN(C(=O)NCc2c(C)cc(C)cc2C)CCO1. The van der Waals surface area contributed by atoms with Gasteiger partial charge < -0.3 is 19.7 Å². The molecule has 2 rings (SSSR count). The first-order valence-electron chi connectivity index (χ1n) is 7.71. The summed E-state index contributed by atoms with van der Waals surface area (Å²) in [4.78, 5) is 25.4. The predicted molar refractivity (Wildman–Crippen MR) is 86.2 cm³/mol. The lowest BCUT2D eigenvalue weighted by Crippen LogP contribution is -2.51. The van der Waals surface area contributed by atoms with Crippen LogP contribution in [0.3, 0.4) is 0 Å². The molecule has 1 aliphatic rings. The van der Waals surface area contributed by atoms with Crippen molar-refractivity contribution in [1.82, 2.24) is 10.2 Å².